The van der Waals surface area contributed by atoms with Gasteiger partial charge in [-0.25, -0.2) is 21.6 Å². The molecule has 0 radical (unpaired) electrons. The Balaban J connectivity index is 3.00. The lowest BCUT2D eigenvalue weighted by atomic mass is 10.00. The first-order valence-corrected chi connectivity index (χ1v) is 11.4. The van der Waals surface area contributed by atoms with Crippen molar-refractivity contribution in [2.75, 3.05) is 12.8 Å². The predicted octanol–water partition coefficient (Wildman–Crippen LogP) is 3.24. The van der Waals surface area contributed by atoms with Crippen LogP contribution in [0.2, 0.25) is 5.02 Å². The summed E-state index contributed by atoms with van der Waals surface area (Å²) in [5.74, 6) is 0.251. The van der Waals surface area contributed by atoms with Crippen LogP contribution in [0.15, 0.2) is 28.0 Å². The van der Waals surface area contributed by atoms with Gasteiger partial charge in [-0.2, -0.15) is 0 Å². The quantitative estimate of drug-likeness (QED) is 0.712. The van der Waals surface area contributed by atoms with Crippen LogP contribution in [-0.2, 0) is 19.9 Å². The van der Waals surface area contributed by atoms with Gasteiger partial charge in [-0.15, -0.1) is 0 Å². The van der Waals surface area contributed by atoms with E-state index in [1.54, 1.807) is 0 Å². The molecule has 1 aromatic rings. The summed E-state index contributed by atoms with van der Waals surface area (Å²) in [6.45, 7) is 4.43. The Kier molecular flexibility index (Phi) is 7.51. The van der Waals surface area contributed by atoms with Crippen LogP contribution in [0, 0.1) is 5.92 Å². The molecular formula is C15H24ClNO4S2. The van der Waals surface area contributed by atoms with Crippen LogP contribution in [0.1, 0.15) is 39.5 Å². The number of halogens is 1. The van der Waals surface area contributed by atoms with Crippen LogP contribution in [0.3, 0.4) is 0 Å². The third-order valence-corrected chi connectivity index (χ3v) is 6.74. The molecule has 1 atom stereocenters. The summed E-state index contributed by atoms with van der Waals surface area (Å²) in [7, 11) is -7.35. The molecule has 0 bridgehead atoms. The van der Waals surface area contributed by atoms with Crippen LogP contribution in [0.5, 0.6) is 0 Å². The molecule has 1 aromatic carbocycles. The summed E-state index contributed by atoms with van der Waals surface area (Å²) in [5.41, 5.74) is 0. The van der Waals surface area contributed by atoms with Crippen molar-refractivity contribution in [2.45, 2.75) is 49.3 Å². The summed E-state index contributed by atoms with van der Waals surface area (Å²) >= 11 is 5.95. The molecule has 1 unspecified atom stereocenters. The molecular weight excluding hydrogens is 358 g/mol. The third-order valence-electron chi connectivity index (χ3n) is 3.73. The molecule has 0 heterocycles. The number of unbranched alkanes of at least 4 members (excludes halogenated alkanes) is 1. The van der Waals surface area contributed by atoms with E-state index >= 15 is 0 Å². The topological polar surface area (TPSA) is 80.3 Å². The van der Waals surface area contributed by atoms with Crippen molar-refractivity contribution in [3.63, 3.8) is 0 Å². The minimum Gasteiger partial charge on any atom is -0.224 e. The number of sulfonamides is 1. The fourth-order valence-corrected chi connectivity index (χ4v) is 4.53. The van der Waals surface area contributed by atoms with Gasteiger partial charge in [0, 0.05) is 12.8 Å². The van der Waals surface area contributed by atoms with Gasteiger partial charge in [0.15, 0.2) is 9.84 Å². The lowest BCUT2D eigenvalue weighted by Gasteiger charge is -2.16. The Morgan fingerprint density at radius 2 is 1.83 bits per heavy atom. The zero-order valence-electron chi connectivity index (χ0n) is 13.7. The summed E-state index contributed by atoms with van der Waals surface area (Å²) in [4.78, 5) is -0.271. The van der Waals surface area contributed by atoms with E-state index < -0.39 is 19.9 Å². The first kappa shape index (κ1) is 20.4. The first-order valence-electron chi connectivity index (χ1n) is 7.61. The van der Waals surface area contributed by atoms with Gasteiger partial charge in [0.1, 0.15) is 4.90 Å². The zero-order chi connectivity index (χ0) is 17.7. The Morgan fingerprint density at radius 3 is 2.35 bits per heavy atom. The van der Waals surface area contributed by atoms with Crippen LogP contribution >= 0.6 is 11.6 Å². The molecule has 0 fully saturated rings. The molecule has 0 aliphatic rings. The van der Waals surface area contributed by atoms with E-state index in [9.17, 15) is 16.8 Å². The highest BCUT2D eigenvalue weighted by Gasteiger charge is 2.21. The van der Waals surface area contributed by atoms with E-state index in [1.807, 2.05) is 6.92 Å². The average molecular weight is 382 g/mol. The molecule has 5 nitrogen and oxygen atoms in total. The van der Waals surface area contributed by atoms with Crippen molar-refractivity contribution in [2.24, 2.45) is 5.92 Å². The lowest BCUT2D eigenvalue weighted by Crippen LogP contribution is -2.29. The van der Waals surface area contributed by atoms with Gasteiger partial charge in [0.2, 0.25) is 10.0 Å². The van der Waals surface area contributed by atoms with Gasteiger partial charge in [0.25, 0.3) is 0 Å². The van der Waals surface area contributed by atoms with Gasteiger partial charge in [-0.3, -0.25) is 0 Å². The molecule has 0 aromatic heterocycles. The van der Waals surface area contributed by atoms with Crippen molar-refractivity contribution in [3.05, 3.63) is 23.2 Å². The van der Waals surface area contributed by atoms with E-state index in [4.69, 9.17) is 11.6 Å². The van der Waals surface area contributed by atoms with Crippen molar-refractivity contribution in [1.29, 1.82) is 0 Å². The average Bonchev–Trinajstić information content (AvgIpc) is 2.46. The summed E-state index contributed by atoms with van der Waals surface area (Å²) in [6.07, 6.45) is 4.96. The number of hydrogen-bond donors (Lipinski definition) is 1. The number of benzene rings is 1. The van der Waals surface area contributed by atoms with E-state index in [0.29, 0.717) is 6.54 Å². The molecule has 1 rings (SSSR count). The second-order valence-corrected chi connectivity index (χ2v) is 9.79. The maximum atomic E-state index is 12.4. The predicted molar refractivity (Wildman–Crippen MR) is 93.1 cm³/mol. The Bertz CT molecular complexity index is 730. The number of hydrogen-bond acceptors (Lipinski definition) is 4. The molecule has 23 heavy (non-hydrogen) atoms. The SMILES string of the molecule is CCCCC(CC)CNS(=O)(=O)c1cc(S(C)(=O)=O)ccc1Cl. The van der Waals surface area contributed by atoms with Gasteiger partial charge in [0.05, 0.1) is 9.92 Å². The largest absolute Gasteiger partial charge is 0.242 e. The molecule has 1 N–H and O–H groups in total. The standard InChI is InChI=1S/C15H24ClNO4S2/c1-4-6-7-12(5-2)11-17-23(20,21)15-10-13(22(3,18)19)8-9-14(15)16/h8-10,12,17H,4-7,11H2,1-3H3. The van der Waals surface area contributed by atoms with Crippen molar-refractivity contribution >= 4 is 31.5 Å². The molecule has 0 saturated carbocycles. The van der Waals surface area contributed by atoms with E-state index in [2.05, 4.69) is 11.6 Å². The summed E-state index contributed by atoms with van der Waals surface area (Å²) < 4.78 is 50.6. The Labute approximate surface area is 144 Å². The van der Waals surface area contributed by atoms with E-state index in [1.165, 1.54) is 12.1 Å². The van der Waals surface area contributed by atoms with Gasteiger partial charge in [-0.05, 0) is 30.5 Å². The van der Waals surface area contributed by atoms with Crippen LogP contribution in [0.25, 0.3) is 0 Å². The fraction of sp³-hybridized carbons (Fsp3) is 0.600. The zero-order valence-corrected chi connectivity index (χ0v) is 16.1. The smallest absolute Gasteiger partial charge is 0.224 e. The summed E-state index contributed by atoms with van der Waals surface area (Å²) in [5, 5.41) is 0.00602. The van der Waals surface area contributed by atoms with Gasteiger partial charge < -0.3 is 0 Å². The molecule has 0 amide bonds. The fourth-order valence-electron chi connectivity index (χ4n) is 2.17. The maximum Gasteiger partial charge on any atom is 0.242 e. The molecule has 132 valence electrons. The molecule has 8 heteroatoms. The molecule has 0 spiro atoms. The monoisotopic (exact) mass is 381 g/mol. The second kappa shape index (κ2) is 8.46. The van der Waals surface area contributed by atoms with Crippen LogP contribution in [-0.4, -0.2) is 29.6 Å². The van der Waals surface area contributed by atoms with Gasteiger partial charge in [-0.1, -0.05) is 44.7 Å². The third kappa shape index (κ3) is 6.06. The highest BCUT2D eigenvalue weighted by Crippen LogP contribution is 2.25. The Morgan fingerprint density at radius 1 is 1.17 bits per heavy atom. The van der Waals surface area contributed by atoms with Crippen LogP contribution in [0.4, 0.5) is 0 Å². The minimum absolute atomic E-state index is 0.00602. The first-order chi connectivity index (χ1) is 10.6. The van der Waals surface area contributed by atoms with Gasteiger partial charge >= 0.3 is 0 Å². The number of nitrogens with one attached hydrogen (secondary N) is 1. The normalized spacial score (nSPS) is 13.9. The Hall–Kier alpha value is -0.630. The van der Waals surface area contributed by atoms with E-state index in [0.717, 1.165) is 38.0 Å². The number of sulfone groups is 1. The van der Waals surface area contributed by atoms with Crippen molar-refractivity contribution < 1.29 is 16.8 Å². The van der Waals surface area contributed by atoms with E-state index in [-0.39, 0.29) is 20.7 Å². The molecule has 0 aliphatic heterocycles. The minimum atomic E-state index is -3.85. The van der Waals surface area contributed by atoms with Crippen LogP contribution < -0.4 is 4.72 Å². The number of rotatable bonds is 9. The van der Waals surface area contributed by atoms with Crippen molar-refractivity contribution in [3.8, 4) is 0 Å². The molecule has 0 aliphatic carbocycles. The summed E-state index contributed by atoms with van der Waals surface area (Å²) in [6, 6.07) is 3.70. The lowest BCUT2D eigenvalue weighted by molar-refractivity contribution is 0.443. The molecule has 0 saturated heterocycles. The van der Waals surface area contributed by atoms with Crippen molar-refractivity contribution in [1.82, 2.24) is 4.72 Å². The maximum absolute atomic E-state index is 12.4. The second-order valence-electron chi connectivity index (χ2n) is 5.63. The highest BCUT2D eigenvalue weighted by atomic mass is 35.5. The highest BCUT2D eigenvalue weighted by molar-refractivity contribution is 7.91.